The van der Waals surface area contributed by atoms with Crippen LogP contribution in [0.15, 0.2) is 12.2 Å². The van der Waals surface area contributed by atoms with Gasteiger partial charge in [0.1, 0.15) is 0 Å². The summed E-state index contributed by atoms with van der Waals surface area (Å²) >= 11 is 0. The molecule has 70 valence electrons. The van der Waals surface area contributed by atoms with Gasteiger partial charge in [0.25, 0.3) is 0 Å². The number of hydrogen-bond acceptors (Lipinski definition) is 1. The summed E-state index contributed by atoms with van der Waals surface area (Å²) in [6, 6.07) is 0. The van der Waals surface area contributed by atoms with Gasteiger partial charge in [0.05, 0.1) is 5.92 Å². The molecular formula is C9H15ClO2. The number of allylic oxidation sites excluding steroid dienone is 2. The highest BCUT2D eigenvalue weighted by Crippen LogP contribution is 2.18. The van der Waals surface area contributed by atoms with Crippen molar-refractivity contribution in [1.29, 1.82) is 0 Å². The molecular weight excluding hydrogens is 176 g/mol. The molecule has 3 heteroatoms. The van der Waals surface area contributed by atoms with Gasteiger partial charge in [-0.25, -0.2) is 0 Å². The molecule has 0 spiro atoms. The molecule has 0 bridgehead atoms. The predicted octanol–water partition coefficient (Wildman–Crippen LogP) is 2.63. The lowest BCUT2D eigenvalue weighted by Crippen LogP contribution is -2.13. The Kier molecular flexibility index (Phi) is 5.81. The minimum atomic E-state index is -0.625. The SMILES string of the molecule is Cl.O=C(O)C1CCC=CCCC1. The maximum atomic E-state index is 10.6. The highest BCUT2D eigenvalue weighted by atomic mass is 35.5. The number of carboxylic acid groups (broad SMARTS) is 1. The fourth-order valence-electron chi connectivity index (χ4n) is 1.41. The molecule has 0 aliphatic heterocycles. The topological polar surface area (TPSA) is 37.3 Å². The third-order valence-corrected chi connectivity index (χ3v) is 2.12. The van der Waals surface area contributed by atoms with E-state index in [0.29, 0.717) is 0 Å². The number of hydrogen-bond donors (Lipinski definition) is 1. The van der Waals surface area contributed by atoms with E-state index in [0.717, 1.165) is 32.1 Å². The average molecular weight is 191 g/mol. The van der Waals surface area contributed by atoms with Crippen LogP contribution in [0.4, 0.5) is 0 Å². The molecule has 2 nitrogen and oxygen atoms in total. The van der Waals surface area contributed by atoms with Gasteiger partial charge < -0.3 is 5.11 Å². The van der Waals surface area contributed by atoms with Crippen molar-refractivity contribution in [3.8, 4) is 0 Å². The van der Waals surface area contributed by atoms with Crippen molar-refractivity contribution < 1.29 is 9.90 Å². The molecule has 1 atom stereocenters. The maximum Gasteiger partial charge on any atom is 0.306 e. The van der Waals surface area contributed by atoms with Crippen molar-refractivity contribution in [2.75, 3.05) is 0 Å². The molecule has 0 heterocycles. The van der Waals surface area contributed by atoms with Crippen LogP contribution in [0.2, 0.25) is 0 Å². The molecule has 1 rings (SSSR count). The van der Waals surface area contributed by atoms with E-state index in [9.17, 15) is 4.79 Å². The lowest BCUT2D eigenvalue weighted by molar-refractivity contribution is -0.142. The highest BCUT2D eigenvalue weighted by molar-refractivity contribution is 5.85. The standard InChI is InChI=1S/C9H14O2.ClH/c10-9(11)8-6-4-2-1-3-5-7-8;/h1-2,8H,3-7H2,(H,10,11);1H. The van der Waals surface area contributed by atoms with Gasteiger partial charge >= 0.3 is 5.97 Å². The second kappa shape index (κ2) is 6.06. The van der Waals surface area contributed by atoms with Crippen LogP contribution in [0.5, 0.6) is 0 Å². The number of aliphatic carboxylic acids is 1. The van der Waals surface area contributed by atoms with Crippen molar-refractivity contribution in [2.45, 2.75) is 32.1 Å². The number of rotatable bonds is 1. The Morgan fingerprint density at radius 2 is 1.92 bits per heavy atom. The van der Waals surface area contributed by atoms with Crippen molar-refractivity contribution in [3.63, 3.8) is 0 Å². The Hall–Kier alpha value is -0.500. The van der Waals surface area contributed by atoms with E-state index in [1.165, 1.54) is 0 Å². The van der Waals surface area contributed by atoms with Gasteiger partial charge in [-0.1, -0.05) is 12.2 Å². The van der Waals surface area contributed by atoms with E-state index in [4.69, 9.17) is 5.11 Å². The van der Waals surface area contributed by atoms with Gasteiger partial charge in [-0.3, -0.25) is 4.79 Å². The first-order valence-electron chi connectivity index (χ1n) is 4.18. The molecule has 1 aliphatic carbocycles. The Labute approximate surface area is 79.1 Å². The molecule has 1 aliphatic rings. The summed E-state index contributed by atoms with van der Waals surface area (Å²) in [5.41, 5.74) is 0. The first-order chi connectivity index (χ1) is 5.30. The van der Waals surface area contributed by atoms with Gasteiger partial charge in [-0.15, -0.1) is 12.4 Å². The minimum absolute atomic E-state index is 0. The fraction of sp³-hybridized carbons (Fsp3) is 0.667. The Bertz CT molecular complexity index is 166. The van der Waals surface area contributed by atoms with Crippen molar-refractivity contribution in [2.24, 2.45) is 5.92 Å². The highest BCUT2D eigenvalue weighted by Gasteiger charge is 2.16. The molecule has 12 heavy (non-hydrogen) atoms. The van der Waals surface area contributed by atoms with Crippen molar-refractivity contribution >= 4 is 18.4 Å². The molecule has 0 amide bonds. The Morgan fingerprint density at radius 3 is 2.58 bits per heavy atom. The van der Waals surface area contributed by atoms with E-state index in [1.807, 2.05) is 0 Å². The summed E-state index contributed by atoms with van der Waals surface area (Å²) in [5.74, 6) is -0.722. The van der Waals surface area contributed by atoms with Crippen LogP contribution >= 0.6 is 12.4 Å². The first kappa shape index (κ1) is 11.5. The third kappa shape index (κ3) is 3.77. The molecule has 1 N–H and O–H groups in total. The molecule has 0 aromatic heterocycles. The number of carbonyl (C=O) groups is 1. The van der Waals surface area contributed by atoms with Crippen molar-refractivity contribution in [1.82, 2.24) is 0 Å². The summed E-state index contributed by atoms with van der Waals surface area (Å²) < 4.78 is 0. The molecule has 0 fully saturated rings. The van der Waals surface area contributed by atoms with Crippen LogP contribution in [0, 0.1) is 5.92 Å². The van der Waals surface area contributed by atoms with Crippen LogP contribution in [0.3, 0.4) is 0 Å². The molecule has 0 saturated carbocycles. The number of carboxylic acids is 1. The first-order valence-corrected chi connectivity index (χ1v) is 4.18. The van der Waals surface area contributed by atoms with Gasteiger partial charge in [0.15, 0.2) is 0 Å². The van der Waals surface area contributed by atoms with Crippen LogP contribution in [0.25, 0.3) is 0 Å². The predicted molar refractivity (Wildman–Crippen MR) is 50.6 cm³/mol. The van der Waals surface area contributed by atoms with Gasteiger partial charge in [-0.05, 0) is 32.1 Å². The minimum Gasteiger partial charge on any atom is -0.481 e. The summed E-state index contributed by atoms with van der Waals surface area (Å²) in [6.45, 7) is 0. The maximum absolute atomic E-state index is 10.6. The molecule has 0 aromatic rings. The van der Waals surface area contributed by atoms with Crippen LogP contribution in [-0.4, -0.2) is 11.1 Å². The zero-order valence-corrected chi connectivity index (χ0v) is 7.85. The zero-order valence-electron chi connectivity index (χ0n) is 7.03. The summed E-state index contributed by atoms with van der Waals surface area (Å²) in [7, 11) is 0. The van der Waals surface area contributed by atoms with Crippen molar-refractivity contribution in [3.05, 3.63) is 12.2 Å². The van der Waals surface area contributed by atoms with E-state index in [-0.39, 0.29) is 18.3 Å². The summed E-state index contributed by atoms with van der Waals surface area (Å²) in [5, 5.41) is 8.73. The summed E-state index contributed by atoms with van der Waals surface area (Å²) in [6.07, 6.45) is 8.90. The second-order valence-electron chi connectivity index (χ2n) is 3.01. The average Bonchev–Trinajstić information content (AvgIpc) is 1.84. The lowest BCUT2D eigenvalue weighted by atomic mass is 9.94. The van der Waals surface area contributed by atoms with E-state index < -0.39 is 5.97 Å². The van der Waals surface area contributed by atoms with Crippen LogP contribution in [0.1, 0.15) is 32.1 Å². The van der Waals surface area contributed by atoms with E-state index in [1.54, 1.807) is 0 Å². The summed E-state index contributed by atoms with van der Waals surface area (Å²) in [4.78, 5) is 10.6. The molecule has 0 radical (unpaired) electrons. The largest absolute Gasteiger partial charge is 0.481 e. The zero-order chi connectivity index (χ0) is 8.10. The van der Waals surface area contributed by atoms with E-state index >= 15 is 0 Å². The molecule has 0 aromatic carbocycles. The number of halogens is 1. The smallest absolute Gasteiger partial charge is 0.306 e. The third-order valence-electron chi connectivity index (χ3n) is 2.12. The lowest BCUT2D eigenvalue weighted by Gasteiger charge is -2.11. The van der Waals surface area contributed by atoms with Crippen LogP contribution < -0.4 is 0 Å². The van der Waals surface area contributed by atoms with Gasteiger partial charge in [0.2, 0.25) is 0 Å². The monoisotopic (exact) mass is 190 g/mol. The van der Waals surface area contributed by atoms with Gasteiger partial charge in [0, 0.05) is 0 Å². The second-order valence-corrected chi connectivity index (χ2v) is 3.01. The Balaban J connectivity index is 0.00000121. The molecule has 0 saturated heterocycles. The quantitative estimate of drug-likeness (QED) is 0.646. The van der Waals surface area contributed by atoms with Crippen LogP contribution in [-0.2, 0) is 4.79 Å². The Morgan fingerprint density at radius 1 is 1.25 bits per heavy atom. The fourth-order valence-corrected chi connectivity index (χ4v) is 1.41. The normalized spacial score (nSPS) is 23.5. The molecule has 1 unspecified atom stereocenters. The van der Waals surface area contributed by atoms with Gasteiger partial charge in [-0.2, -0.15) is 0 Å². The van der Waals surface area contributed by atoms with E-state index in [2.05, 4.69) is 12.2 Å².